The molecule has 2 aromatic heterocycles. The van der Waals surface area contributed by atoms with Gasteiger partial charge in [-0.15, -0.1) is 0 Å². The Morgan fingerprint density at radius 1 is 1.03 bits per heavy atom. The standard InChI is InChI=1S/C30H32N2O6/c1-3-34-29(33)14-8-7-12-26(24-10-5-4-6-11-24)32-37-20-23-15-17-25(18-16-23)36-21-27-22(2)38-30(31-27)28-13-9-19-35-28/h4-6,9-13,15-19,32H,3,7-8,14,20-21H2,1-2H3. The number of unbranched alkanes of at least 4 members (excludes halogenated alkanes) is 1. The molecule has 4 rings (SSSR count). The van der Waals surface area contributed by atoms with Crippen molar-refractivity contribution in [3.05, 3.63) is 102 Å². The number of rotatable bonds is 14. The monoisotopic (exact) mass is 516 g/mol. The number of hydrogen-bond donors (Lipinski definition) is 1. The zero-order valence-corrected chi connectivity index (χ0v) is 21.6. The number of aromatic nitrogens is 1. The molecule has 0 saturated heterocycles. The molecular formula is C30H32N2O6. The lowest BCUT2D eigenvalue weighted by Gasteiger charge is -2.12. The van der Waals surface area contributed by atoms with Crippen LogP contribution in [0.5, 0.6) is 5.75 Å². The molecule has 2 aromatic carbocycles. The predicted molar refractivity (Wildman–Crippen MR) is 143 cm³/mol. The van der Waals surface area contributed by atoms with Crippen molar-refractivity contribution in [2.45, 2.75) is 46.3 Å². The van der Waals surface area contributed by atoms with E-state index >= 15 is 0 Å². The van der Waals surface area contributed by atoms with E-state index in [4.69, 9.17) is 23.1 Å². The van der Waals surface area contributed by atoms with Crippen LogP contribution in [-0.4, -0.2) is 17.6 Å². The minimum absolute atomic E-state index is 0.173. The van der Waals surface area contributed by atoms with E-state index in [0.717, 1.165) is 34.7 Å². The minimum atomic E-state index is -0.173. The molecule has 0 aliphatic carbocycles. The number of hydrogen-bond acceptors (Lipinski definition) is 8. The van der Waals surface area contributed by atoms with Crippen LogP contribution in [0, 0.1) is 6.92 Å². The van der Waals surface area contributed by atoms with E-state index in [2.05, 4.69) is 10.5 Å². The van der Waals surface area contributed by atoms with Crippen molar-refractivity contribution in [1.29, 1.82) is 0 Å². The lowest BCUT2D eigenvalue weighted by atomic mass is 10.1. The molecule has 0 fully saturated rings. The highest BCUT2D eigenvalue weighted by Gasteiger charge is 2.14. The van der Waals surface area contributed by atoms with E-state index < -0.39 is 0 Å². The van der Waals surface area contributed by atoms with E-state index in [1.807, 2.05) is 74.5 Å². The summed E-state index contributed by atoms with van der Waals surface area (Å²) in [5.41, 5.74) is 6.63. The Bertz CT molecular complexity index is 1290. The molecule has 0 bridgehead atoms. The molecule has 0 amide bonds. The first-order chi connectivity index (χ1) is 18.6. The zero-order chi connectivity index (χ0) is 26.6. The maximum absolute atomic E-state index is 11.6. The van der Waals surface area contributed by atoms with Gasteiger partial charge < -0.3 is 18.3 Å². The summed E-state index contributed by atoms with van der Waals surface area (Å²) in [6.45, 7) is 4.72. The smallest absolute Gasteiger partial charge is 0.305 e. The van der Waals surface area contributed by atoms with Gasteiger partial charge in [0.1, 0.15) is 23.8 Å². The average molecular weight is 517 g/mol. The Morgan fingerprint density at radius 2 is 1.84 bits per heavy atom. The summed E-state index contributed by atoms with van der Waals surface area (Å²) in [5, 5.41) is 0. The molecule has 2 heterocycles. The fourth-order valence-electron chi connectivity index (χ4n) is 3.66. The van der Waals surface area contributed by atoms with Gasteiger partial charge in [0.05, 0.1) is 25.2 Å². The summed E-state index contributed by atoms with van der Waals surface area (Å²) in [6, 6.07) is 21.2. The Balaban J connectivity index is 1.26. The summed E-state index contributed by atoms with van der Waals surface area (Å²) in [5.74, 6) is 2.26. The fraction of sp³-hybridized carbons (Fsp3) is 0.267. The van der Waals surface area contributed by atoms with Crippen LogP contribution >= 0.6 is 0 Å². The van der Waals surface area contributed by atoms with Gasteiger partial charge in [-0.25, -0.2) is 4.98 Å². The lowest BCUT2D eigenvalue weighted by Crippen LogP contribution is -2.13. The number of oxazole rings is 1. The second-order valence-corrected chi connectivity index (χ2v) is 8.50. The Kier molecular flexibility index (Phi) is 9.75. The molecule has 8 nitrogen and oxygen atoms in total. The van der Waals surface area contributed by atoms with Gasteiger partial charge in [0, 0.05) is 6.42 Å². The summed E-state index contributed by atoms with van der Waals surface area (Å²) < 4.78 is 21.9. The summed E-state index contributed by atoms with van der Waals surface area (Å²) in [7, 11) is 0. The number of furan rings is 1. The average Bonchev–Trinajstić information content (AvgIpc) is 3.60. The topological polar surface area (TPSA) is 96.0 Å². The van der Waals surface area contributed by atoms with Crippen LogP contribution in [-0.2, 0) is 27.6 Å². The first kappa shape index (κ1) is 26.8. The third-order valence-electron chi connectivity index (χ3n) is 5.67. The van der Waals surface area contributed by atoms with Gasteiger partial charge >= 0.3 is 5.97 Å². The third-order valence-corrected chi connectivity index (χ3v) is 5.67. The number of aryl methyl sites for hydroxylation is 1. The zero-order valence-electron chi connectivity index (χ0n) is 21.6. The second-order valence-electron chi connectivity index (χ2n) is 8.50. The second kappa shape index (κ2) is 13.9. The molecule has 0 saturated carbocycles. The van der Waals surface area contributed by atoms with Crippen LogP contribution in [0.3, 0.4) is 0 Å². The van der Waals surface area contributed by atoms with Gasteiger partial charge in [0.2, 0.25) is 0 Å². The van der Waals surface area contributed by atoms with Crippen LogP contribution in [0.15, 0.2) is 87.9 Å². The molecule has 4 aromatic rings. The minimum Gasteiger partial charge on any atom is -0.487 e. The van der Waals surface area contributed by atoms with E-state index in [9.17, 15) is 4.79 Å². The quantitative estimate of drug-likeness (QED) is 0.114. The third kappa shape index (κ3) is 7.85. The highest BCUT2D eigenvalue weighted by molar-refractivity contribution is 5.69. The number of benzene rings is 2. The number of allylic oxidation sites excluding steroid dienone is 1. The maximum atomic E-state index is 11.6. The molecule has 38 heavy (non-hydrogen) atoms. The lowest BCUT2D eigenvalue weighted by molar-refractivity contribution is -0.143. The molecule has 0 aliphatic heterocycles. The number of carbonyl (C=O) groups is 1. The summed E-state index contributed by atoms with van der Waals surface area (Å²) >= 11 is 0. The highest BCUT2D eigenvalue weighted by atomic mass is 16.6. The van der Waals surface area contributed by atoms with E-state index in [-0.39, 0.29) is 12.6 Å². The van der Waals surface area contributed by atoms with Crippen molar-refractivity contribution in [3.63, 3.8) is 0 Å². The number of ether oxygens (including phenoxy) is 2. The molecule has 8 heteroatoms. The van der Waals surface area contributed by atoms with Crippen molar-refractivity contribution in [2.75, 3.05) is 6.61 Å². The molecule has 0 atom stereocenters. The fourth-order valence-corrected chi connectivity index (χ4v) is 3.66. The largest absolute Gasteiger partial charge is 0.487 e. The Morgan fingerprint density at radius 3 is 2.58 bits per heavy atom. The number of nitrogens with one attached hydrogen (secondary N) is 1. The molecule has 1 N–H and O–H groups in total. The van der Waals surface area contributed by atoms with Crippen LogP contribution < -0.4 is 10.2 Å². The highest BCUT2D eigenvalue weighted by Crippen LogP contribution is 2.23. The molecule has 198 valence electrons. The number of hydroxylamine groups is 1. The van der Waals surface area contributed by atoms with Gasteiger partial charge in [0.25, 0.3) is 5.89 Å². The summed E-state index contributed by atoms with van der Waals surface area (Å²) in [6.07, 6.45) is 5.44. The van der Waals surface area contributed by atoms with Gasteiger partial charge in [-0.2, -0.15) is 0 Å². The SMILES string of the molecule is CCOC(=O)CCCC=C(NOCc1ccc(OCc2nc(-c3ccco3)oc2C)cc1)c1ccccc1. The first-order valence-corrected chi connectivity index (χ1v) is 12.6. The van der Waals surface area contributed by atoms with E-state index in [1.54, 1.807) is 18.4 Å². The Labute approximate surface area is 222 Å². The van der Waals surface area contributed by atoms with Gasteiger partial charge in [-0.05, 0) is 62.1 Å². The number of carbonyl (C=O) groups excluding carboxylic acids is 1. The molecule has 0 spiro atoms. The van der Waals surface area contributed by atoms with Crippen LogP contribution in [0.25, 0.3) is 17.3 Å². The molecule has 0 aliphatic rings. The molecule has 0 radical (unpaired) electrons. The van der Waals surface area contributed by atoms with Gasteiger partial charge in [-0.3, -0.25) is 15.1 Å². The number of esters is 1. The van der Waals surface area contributed by atoms with Crippen LogP contribution in [0.4, 0.5) is 0 Å². The number of nitrogens with zero attached hydrogens (tertiary/aromatic N) is 1. The normalized spacial score (nSPS) is 11.4. The summed E-state index contributed by atoms with van der Waals surface area (Å²) in [4.78, 5) is 21.8. The van der Waals surface area contributed by atoms with E-state index in [1.165, 1.54) is 0 Å². The van der Waals surface area contributed by atoms with Crippen LogP contribution in [0.2, 0.25) is 0 Å². The van der Waals surface area contributed by atoms with Crippen molar-refractivity contribution in [1.82, 2.24) is 10.5 Å². The molecule has 0 unspecified atom stereocenters. The van der Waals surface area contributed by atoms with Gasteiger partial charge in [-0.1, -0.05) is 48.5 Å². The molecular weight excluding hydrogens is 484 g/mol. The van der Waals surface area contributed by atoms with Crippen molar-refractivity contribution >= 4 is 11.7 Å². The van der Waals surface area contributed by atoms with Gasteiger partial charge in [0.15, 0.2) is 5.76 Å². The maximum Gasteiger partial charge on any atom is 0.305 e. The van der Waals surface area contributed by atoms with Crippen molar-refractivity contribution in [3.8, 4) is 17.4 Å². The predicted octanol–water partition coefficient (Wildman–Crippen LogP) is 6.62. The Hall–Kier alpha value is -4.30. The van der Waals surface area contributed by atoms with Crippen LogP contribution in [0.1, 0.15) is 48.8 Å². The first-order valence-electron chi connectivity index (χ1n) is 12.6. The van der Waals surface area contributed by atoms with E-state index in [0.29, 0.717) is 43.5 Å². The van der Waals surface area contributed by atoms with Crippen molar-refractivity contribution in [2.24, 2.45) is 0 Å². The van der Waals surface area contributed by atoms with Crippen molar-refractivity contribution < 1.29 is 27.9 Å².